The molecule has 0 aliphatic heterocycles. The molecule has 2 aromatic carbocycles. The second-order valence-corrected chi connectivity index (χ2v) is 6.07. The molecular formula is C19H20FN3O. The number of nitrogens with zero attached hydrogens (tertiary/aromatic N) is 3. The van der Waals surface area contributed by atoms with Gasteiger partial charge in [-0.3, -0.25) is 9.36 Å². The molecule has 0 spiro atoms. The highest BCUT2D eigenvalue weighted by atomic mass is 19.1. The van der Waals surface area contributed by atoms with Crippen molar-refractivity contribution in [2.45, 2.75) is 13.0 Å². The second kappa shape index (κ2) is 6.93. The number of para-hydroxylation sites is 1. The molecule has 0 atom stereocenters. The van der Waals surface area contributed by atoms with Crippen molar-refractivity contribution < 1.29 is 4.39 Å². The van der Waals surface area contributed by atoms with Gasteiger partial charge in [-0.05, 0) is 63.5 Å². The summed E-state index contributed by atoms with van der Waals surface area (Å²) in [6, 6.07) is 13.4. The summed E-state index contributed by atoms with van der Waals surface area (Å²) in [5.74, 6) is 0.276. The molecule has 24 heavy (non-hydrogen) atoms. The minimum Gasteiger partial charge on any atom is -0.309 e. The summed E-state index contributed by atoms with van der Waals surface area (Å²) < 4.78 is 14.9. The van der Waals surface area contributed by atoms with E-state index in [4.69, 9.17) is 0 Å². The van der Waals surface area contributed by atoms with E-state index in [-0.39, 0.29) is 11.4 Å². The first-order valence-corrected chi connectivity index (χ1v) is 7.96. The molecule has 0 unspecified atom stereocenters. The molecule has 5 heteroatoms. The molecule has 0 saturated heterocycles. The van der Waals surface area contributed by atoms with E-state index in [1.165, 1.54) is 12.1 Å². The maximum Gasteiger partial charge on any atom is 0.261 e. The average molecular weight is 325 g/mol. The number of benzene rings is 2. The zero-order chi connectivity index (χ0) is 17.1. The largest absolute Gasteiger partial charge is 0.309 e. The van der Waals surface area contributed by atoms with E-state index >= 15 is 0 Å². The predicted molar refractivity (Wildman–Crippen MR) is 94.6 cm³/mol. The van der Waals surface area contributed by atoms with Gasteiger partial charge in [0.15, 0.2) is 0 Å². The van der Waals surface area contributed by atoms with Gasteiger partial charge in [0.2, 0.25) is 0 Å². The monoisotopic (exact) mass is 325 g/mol. The minimum atomic E-state index is -0.305. The van der Waals surface area contributed by atoms with E-state index in [1.54, 1.807) is 22.8 Å². The molecule has 3 rings (SSSR count). The SMILES string of the molecule is CN(C)CCCn1c(-c2ccc(F)cc2)nc2ccccc2c1=O. The third-order valence-corrected chi connectivity index (χ3v) is 3.95. The van der Waals surface area contributed by atoms with E-state index in [9.17, 15) is 9.18 Å². The van der Waals surface area contributed by atoms with Crippen LogP contribution in [0.4, 0.5) is 4.39 Å². The smallest absolute Gasteiger partial charge is 0.261 e. The van der Waals surface area contributed by atoms with Crippen molar-refractivity contribution in [1.29, 1.82) is 0 Å². The molecule has 0 bridgehead atoms. The molecule has 0 amide bonds. The predicted octanol–water partition coefficient (Wildman–Crippen LogP) is 3.15. The van der Waals surface area contributed by atoms with Gasteiger partial charge in [-0.1, -0.05) is 12.1 Å². The van der Waals surface area contributed by atoms with Crippen LogP contribution in [0.2, 0.25) is 0 Å². The topological polar surface area (TPSA) is 38.1 Å². The van der Waals surface area contributed by atoms with Gasteiger partial charge < -0.3 is 4.90 Å². The maximum absolute atomic E-state index is 13.2. The zero-order valence-electron chi connectivity index (χ0n) is 13.9. The third-order valence-electron chi connectivity index (χ3n) is 3.95. The van der Waals surface area contributed by atoms with Gasteiger partial charge in [-0.25, -0.2) is 9.37 Å². The molecule has 1 aromatic heterocycles. The fourth-order valence-corrected chi connectivity index (χ4v) is 2.74. The highest BCUT2D eigenvalue weighted by molar-refractivity contribution is 5.79. The Morgan fingerprint density at radius 3 is 2.50 bits per heavy atom. The average Bonchev–Trinajstić information content (AvgIpc) is 2.57. The Morgan fingerprint density at radius 1 is 1.08 bits per heavy atom. The second-order valence-electron chi connectivity index (χ2n) is 6.07. The first kappa shape index (κ1) is 16.3. The molecule has 0 fully saturated rings. The van der Waals surface area contributed by atoms with E-state index in [1.807, 2.05) is 32.3 Å². The van der Waals surface area contributed by atoms with Crippen LogP contribution >= 0.6 is 0 Å². The molecule has 4 nitrogen and oxygen atoms in total. The Hall–Kier alpha value is -2.53. The fourth-order valence-electron chi connectivity index (χ4n) is 2.74. The van der Waals surface area contributed by atoms with Crippen molar-refractivity contribution in [3.63, 3.8) is 0 Å². The number of rotatable bonds is 5. The van der Waals surface area contributed by atoms with Gasteiger partial charge in [0.1, 0.15) is 11.6 Å². The van der Waals surface area contributed by atoms with E-state index < -0.39 is 0 Å². The van der Waals surface area contributed by atoms with Crippen LogP contribution in [-0.2, 0) is 6.54 Å². The normalized spacial score (nSPS) is 11.3. The van der Waals surface area contributed by atoms with Gasteiger partial charge in [-0.2, -0.15) is 0 Å². The van der Waals surface area contributed by atoms with Crippen molar-refractivity contribution in [2.24, 2.45) is 0 Å². The highest BCUT2D eigenvalue weighted by Crippen LogP contribution is 2.19. The number of halogens is 1. The Bertz CT molecular complexity index is 901. The number of aromatic nitrogens is 2. The standard InChI is InChI=1S/C19H20FN3O/c1-22(2)12-5-13-23-18(14-8-10-15(20)11-9-14)21-17-7-4-3-6-16(17)19(23)24/h3-4,6-11H,5,12-13H2,1-2H3. The number of fused-ring (bicyclic) bond motifs is 1. The summed E-state index contributed by atoms with van der Waals surface area (Å²) >= 11 is 0. The summed E-state index contributed by atoms with van der Waals surface area (Å²) in [5, 5.41) is 0.605. The lowest BCUT2D eigenvalue weighted by Crippen LogP contribution is -2.25. The van der Waals surface area contributed by atoms with Crippen molar-refractivity contribution >= 4 is 10.9 Å². The number of hydrogen-bond donors (Lipinski definition) is 0. The van der Waals surface area contributed by atoms with Crippen LogP contribution in [0.15, 0.2) is 53.3 Å². The lowest BCUT2D eigenvalue weighted by Gasteiger charge is -2.15. The summed E-state index contributed by atoms with van der Waals surface area (Å²) in [6.07, 6.45) is 0.834. The van der Waals surface area contributed by atoms with Crippen LogP contribution in [0, 0.1) is 5.82 Å². The molecule has 124 valence electrons. The third kappa shape index (κ3) is 3.36. The Kier molecular flexibility index (Phi) is 4.71. The molecular weight excluding hydrogens is 305 g/mol. The zero-order valence-corrected chi connectivity index (χ0v) is 13.9. The van der Waals surface area contributed by atoms with E-state index in [0.717, 1.165) is 18.5 Å². The molecule has 0 N–H and O–H groups in total. The van der Waals surface area contributed by atoms with Crippen LogP contribution in [0.3, 0.4) is 0 Å². The molecule has 0 aliphatic rings. The first-order chi connectivity index (χ1) is 11.6. The highest BCUT2D eigenvalue weighted by Gasteiger charge is 2.12. The van der Waals surface area contributed by atoms with Crippen LogP contribution in [-0.4, -0.2) is 35.1 Å². The summed E-state index contributed by atoms with van der Waals surface area (Å²) in [6.45, 7) is 1.45. The first-order valence-electron chi connectivity index (χ1n) is 7.96. The van der Waals surface area contributed by atoms with E-state index in [2.05, 4.69) is 9.88 Å². The molecule has 0 radical (unpaired) electrons. The molecule has 3 aromatic rings. The van der Waals surface area contributed by atoms with Crippen LogP contribution in [0.1, 0.15) is 6.42 Å². The van der Waals surface area contributed by atoms with Gasteiger partial charge in [0, 0.05) is 12.1 Å². The van der Waals surface area contributed by atoms with Crippen LogP contribution in [0.5, 0.6) is 0 Å². The fraction of sp³-hybridized carbons (Fsp3) is 0.263. The van der Waals surface area contributed by atoms with Crippen molar-refractivity contribution in [3.8, 4) is 11.4 Å². The lowest BCUT2D eigenvalue weighted by molar-refractivity contribution is 0.385. The Labute approximate surface area is 140 Å². The number of hydrogen-bond acceptors (Lipinski definition) is 3. The summed E-state index contributed by atoms with van der Waals surface area (Å²) in [4.78, 5) is 19.6. The lowest BCUT2D eigenvalue weighted by atomic mass is 10.1. The van der Waals surface area contributed by atoms with Crippen LogP contribution < -0.4 is 5.56 Å². The van der Waals surface area contributed by atoms with Gasteiger partial charge in [0.05, 0.1) is 10.9 Å². The molecule has 0 saturated carbocycles. The van der Waals surface area contributed by atoms with Crippen molar-refractivity contribution in [3.05, 3.63) is 64.7 Å². The van der Waals surface area contributed by atoms with Gasteiger partial charge >= 0.3 is 0 Å². The maximum atomic E-state index is 13.2. The van der Waals surface area contributed by atoms with Gasteiger partial charge in [0.25, 0.3) is 5.56 Å². The minimum absolute atomic E-state index is 0.0568. The summed E-state index contributed by atoms with van der Waals surface area (Å²) in [7, 11) is 4.00. The molecule has 1 heterocycles. The van der Waals surface area contributed by atoms with Crippen LogP contribution in [0.25, 0.3) is 22.3 Å². The van der Waals surface area contributed by atoms with Crippen molar-refractivity contribution in [1.82, 2.24) is 14.5 Å². The van der Waals surface area contributed by atoms with Crippen molar-refractivity contribution in [2.75, 3.05) is 20.6 Å². The van der Waals surface area contributed by atoms with E-state index in [0.29, 0.717) is 23.3 Å². The summed E-state index contributed by atoms with van der Waals surface area (Å²) in [5.41, 5.74) is 1.34. The van der Waals surface area contributed by atoms with Gasteiger partial charge in [-0.15, -0.1) is 0 Å². The Balaban J connectivity index is 2.13. The Morgan fingerprint density at radius 2 is 1.79 bits per heavy atom. The quantitative estimate of drug-likeness (QED) is 0.723. The molecule has 0 aliphatic carbocycles.